The van der Waals surface area contributed by atoms with Crippen molar-refractivity contribution in [2.75, 3.05) is 33.8 Å². The highest BCUT2D eigenvalue weighted by Gasteiger charge is 2.31. The molecule has 0 amide bonds. The van der Waals surface area contributed by atoms with Crippen molar-refractivity contribution in [1.29, 1.82) is 0 Å². The molecule has 1 aliphatic heterocycles. The van der Waals surface area contributed by atoms with Gasteiger partial charge in [-0.3, -0.25) is 4.79 Å². The largest absolute Gasteiger partial charge is 0.468 e. The summed E-state index contributed by atoms with van der Waals surface area (Å²) in [4.78, 5) is 14.3. The molecule has 1 fully saturated rings. The molecule has 1 saturated heterocycles. The lowest BCUT2D eigenvalue weighted by Crippen LogP contribution is -2.48. The van der Waals surface area contributed by atoms with Gasteiger partial charge < -0.3 is 15.0 Å². The molecule has 0 radical (unpaired) electrons. The first kappa shape index (κ1) is 17.4. The molecule has 1 rings (SSSR count). The lowest BCUT2D eigenvalue weighted by atomic mass is 9.93. The zero-order valence-corrected chi connectivity index (χ0v) is 13.7. The number of nitrogens with zero attached hydrogens (tertiary/aromatic N) is 1. The second-order valence-corrected chi connectivity index (χ2v) is 6.25. The van der Waals surface area contributed by atoms with Crippen molar-refractivity contribution in [2.45, 2.75) is 57.9 Å². The number of carbonyl (C=O) groups is 1. The number of carbonyl (C=O) groups excluding carboxylic acids is 1. The fraction of sp³-hybridized carbons (Fsp3) is 0.938. The van der Waals surface area contributed by atoms with Crippen LogP contribution in [0.5, 0.6) is 0 Å². The van der Waals surface area contributed by atoms with E-state index in [-0.39, 0.29) is 5.97 Å². The second-order valence-electron chi connectivity index (χ2n) is 6.25. The Morgan fingerprint density at radius 2 is 2.20 bits per heavy atom. The van der Waals surface area contributed by atoms with Gasteiger partial charge in [-0.1, -0.05) is 13.3 Å². The van der Waals surface area contributed by atoms with Crippen LogP contribution in [0.1, 0.15) is 52.4 Å². The number of likely N-dealkylation sites (N-methyl/N-ethyl adjacent to an activating group) is 1. The van der Waals surface area contributed by atoms with E-state index < -0.39 is 5.54 Å². The molecule has 1 aliphatic rings. The summed E-state index contributed by atoms with van der Waals surface area (Å²) < 4.78 is 4.87. The Bertz CT molecular complexity index is 296. The quantitative estimate of drug-likeness (QED) is 0.549. The van der Waals surface area contributed by atoms with Crippen LogP contribution >= 0.6 is 0 Å². The Hall–Kier alpha value is -0.610. The number of hydrogen-bond donors (Lipinski definition) is 1. The Labute approximate surface area is 124 Å². The third kappa shape index (κ3) is 5.06. The fourth-order valence-electron chi connectivity index (χ4n) is 3.06. The number of ether oxygens (including phenoxy) is 1. The van der Waals surface area contributed by atoms with Crippen molar-refractivity contribution in [3.8, 4) is 0 Å². The maximum absolute atomic E-state index is 11.7. The molecule has 0 aromatic rings. The number of hydrogen-bond acceptors (Lipinski definition) is 4. The number of likely N-dealkylation sites (tertiary alicyclic amines) is 1. The second kappa shape index (κ2) is 8.63. The van der Waals surface area contributed by atoms with Crippen molar-refractivity contribution >= 4 is 5.97 Å². The topological polar surface area (TPSA) is 41.6 Å². The molecule has 4 heteroatoms. The van der Waals surface area contributed by atoms with Gasteiger partial charge in [-0.15, -0.1) is 0 Å². The van der Waals surface area contributed by atoms with Crippen LogP contribution in [0.15, 0.2) is 0 Å². The standard InChI is InChI=1S/C16H32N2O2/c1-5-14-9-8-12-18(13-14)11-7-6-10-16(2,17-3)15(19)20-4/h14,17H,5-13H2,1-4H3. The highest BCUT2D eigenvalue weighted by Crippen LogP contribution is 2.20. The molecule has 2 unspecified atom stereocenters. The van der Waals surface area contributed by atoms with Crippen molar-refractivity contribution in [2.24, 2.45) is 5.92 Å². The highest BCUT2D eigenvalue weighted by molar-refractivity contribution is 5.80. The Morgan fingerprint density at radius 3 is 2.80 bits per heavy atom. The van der Waals surface area contributed by atoms with Gasteiger partial charge in [-0.25, -0.2) is 0 Å². The van der Waals surface area contributed by atoms with E-state index in [2.05, 4.69) is 17.1 Å². The molecule has 1 heterocycles. The van der Waals surface area contributed by atoms with E-state index >= 15 is 0 Å². The molecule has 0 aliphatic carbocycles. The number of nitrogens with one attached hydrogen (secondary N) is 1. The summed E-state index contributed by atoms with van der Waals surface area (Å²) in [6, 6.07) is 0. The first-order valence-corrected chi connectivity index (χ1v) is 8.05. The van der Waals surface area contributed by atoms with Crippen LogP contribution in [0.2, 0.25) is 0 Å². The summed E-state index contributed by atoms with van der Waals surface area (Å²) in [5, 5.41) is 3.10. The average molecular weight is 284 g/mol. The Kier molecular flexibility index (Phi) is 7.52. The maximum Gasteiger partial charge on any atom is 0.325 e. The van der Waals surface area contributed by atoms with Crippen LogP contribution in [0.25, 0.3) is 0 Å². The van der Waals surface area contributed by atoms with Gasteiger partial charge in [-0.05, 0) is 65.1 Å². The zero-order valence-electron chi connectivity index (χ0n) is 13.7. The number of unbranched alkanes of at least 4 members (excludes halogenated alkanes) is 1. The predicted octanol–water partition coefficient (Wildman–Crippen LogP) is 2.43. The van der Waals surface area contributed by atoms with E-state index in [1.54, 1.807) is 0 Å². The van der Waals surface area contributed by atoms with Gasteiger partial charge in [0, 0.05) is 6.54 Å². The van der Waals surface area contributed by atoms with Gasteiger partial charge in [0.05, 0.1) is 7.11 Å². The van der Waals surface area contributed by atoms with Gasteiger partial charge in [0.15, 0.2) is 0 Å². The van der Waals surface area contributed by atoms with Gasteiger partial charge in [0.1, 0.15) is 5.54 Å². The van der Waals surface area contributed by atoms with Crippen molar-refractivity contribution < 1.29 is 9.53 Å². The molecule has 0 saturated carbocycles. The molecule has 0 spiro atoms. The third-order valence-corrected chi connectivity index (χ3v) is 4.77. The molecule has 0 aromatic heterocycles. The summed E-state index contributed by atoms with van der Waals surface area (Å²) >= 11 is 0. The summed E-state index contributed by atoms with van der Waals surface area (Å²) in [6.07, 6.45) is 7.09. The lowest BCUT2D eigenvalue weighted by Gasteiger charge is -2.32. The van der Waals surface area contributed by atoms with Crippen molar-refractivity contribution in [3.63, 3.8) is 0 Å². The van der Waals surface area contributed by atoms with Crippen LogP contribution < -0.4 is 5.32 Å². The minimum Gasteiger partial charge on any atom is -0.468 e. The molecular formula is C16H32N2O2. The van der Waals surface area contributed by atoms with E-state index in [9.17, 15) is 4.79 Å². The average Bonchev–Trinajstić information content (AvgIpc) is 2.50. The first-order chi connectivity index (χ1) is 9.55. The molecule has 0 aromatic carbocycles. The Balaban J connectivity index is 2.25. The van der Waals surface area contributed by atoms with Crippen molar-refractivity contribution in [3.05, 3.63) is 0 Å². The van der Waals surface area contributed by atoms with Crippen LogP contribution in [0.4, 0.5) is 0 Å². The van der Waals surface area contributed by atoms with Gasteiger partial charge in [0.25, 0.3) is 0 Å². The molecule has 118 valence electrons. The minimum absolute atomic E-state index is 0.163. The fourth-order valence-corrected chi connectivity index (χ4v) is 3.06. The summed E-state index contributed by atoms with van der Waals surface area (Å²) in [6.45, 7) is 7.89. The van der Waals surface area contributed by atoms with Crippen LogP contribution in [0.3, 0.4) is 0 Å². The van der Waals surface area contributed by atoms with Crippen LogP contribution in [-0.2, 0) is 9.53 Å². The van der Waals surface area contributed by atoms with Gasteiger partial charge in [-0.2, -0.15) is 0 Å². The zero-order chi connectivity index (χ0) is 15.0. The molecule has 1 N–H and O–H groups in total. The predicted molar refractivity (Wildman–Crippen MR) is 82.8 cm³/mol. The molecule has 0 bridgehead atoms. The van der Waals surface area contributed by atoms with E-state index in [4.69, 9.17) is 4.74 Å². The van der Waals surface area contributed by atoms with Crippen LogP contribution in [-0.4, -0.2) is 50.2 Å². The Morgan fingerprint density at radius 1 is 1.45 bits per heavy atom. The van der Waals surface area contributed by atoms with E-state index in [0.29, 0.717) is 0 Å². The lowest BCUT2D eigenvalue weighted by molar-refractivity contribution is -0.148. The van der Waals surface area contributed by atoms with E-state index in [1.807, 2.05) is 14.0 Å². The number of esters is 1. The number of piperidine rings is 1. The highest BCUT2D eigenvalue weighted by atomic mass is 16.5. The van der Waals surface area contributed by atoms with E-state index in [0.717, 1.165) is 31.7 Å². The molecule has 20 heavy (non-hydrogen) atoms. The maximum atomic E-state index is 11.7. The summed E-state index contributed by atoms with van der Waals surface area (Å²) in [7, 11) is 3.28. The summed E-state index contributed by atoms with van der Waals surface area (Å²) in [5.41, 5.74) is -0.539. The normalized spacial score (nSPS) is 23.3. The smallest absolute Gasteiger partial charge is 0.325 e. The van der Waals surface area contributed by atoms with Gasteiger partial charge >= 0.3 is 5.97 Å². The third-order valence-electron chi connectivity index (χ3n) is 4.77. The molecule has 4 nitrogen and oxygen atoms in total. The first-order valence-electron chi connectivity index (χ1n) is 8.05. The number of methoxy groups -OCH3 is 1. The number of rotatable bonds is 8. The van der Waals surface area contributed by atoms with Gasteiger partial charge in [0.2, 0.25) is 0 Å². The molecule has 2 atom stereocenters. The van der Waals surface area contributed by atoms with Crippen LogP contribution in [0, 0.1) is 5.92 Å². The van der Waals surface area contributed by atoms with E-state index in [1.165, 1.54) is 39.5 Å². The van der Waals surface area contributed by atoms with Crippen molar-refractivity contribution in [1.82, 2.24) is 10.2 Å². The summed E-state index contributed by atoms with van der Waals surface area (Å²) in [5.74, 6) is 0.727. The molecular weight excluding hydrogens is 252 g/mol. The minimum atomic E-state index is -0.539. The SMILES string of the molecule is CCC1CCCN(CCCCC(C)(NC)C(=O)OC)C1. The monoisotopic (exact) mass is 284 g/mol.